The monoisotopic (exact) mass is 499 g/mol. The van der Waals surface area contributed by atoms with Crippen molar-refractivity contribution in [3.05, 3.63) is 73.4 Å². The number of hydrogen-bond donors (Lipinski definition) is 1. The molecule has 0 saturated heterocycles. The van der Waals surface area contributed by atoms with Crippen molar-refractivity contribution in [2.75, 3.05) is 0 Å². The molecule has 1 N–H and O–H groups in total. The number of halogens is 2. The minimum Gasteiger partial charge on any atom is -0.266 e. The molecule has 0 fully saturated rings. The van der Waals surface area contributed by atoms with Crippen molar-refractivity contribution in [1.29, 1.82) is 0 Å². The number of carbonyl (C=O) groups is 1. The van der Waals surface area contributed by atoms with Gasteiger partial charge in [0, 0.05) is 18.0 Å². The van der Waals surface area contributed by atoms with E-state index in [0.29, 0.717) is 16.5 Å². The predicted octanol–water partition coefficient (Wildman–Crippen LogP) is 4.17. The molecule has 1 aromatic carbocycles. The fourth-order valence-corrected chi connectivity index (χ4v) is 5.03. The Hall–Kier alpha value is -1.81. The topological polar surface area (TPSA) is 89.0 Å². The summed E-state index contributed by atoms with van der Waals surface area (Å²) in [5.41, 5.74) is 1.60. The second-order valence-electron chi connectivity index (χ2n) is 5.90. The minimum absolute atomic E-state index is 0.0651. The molecular formula is C18H15BrClN3O3S2. The second-order valence-corrected chi connectivity index (χ2v) is 9.64. The van der Waals surface area contributed by atoms with Gasteiger partial charge in [-0.2, -0.15) is 0 Å². The van der Waals surface area contributed by atoms with Crippen LogP contribution in [0.15, 0.2) is 51.3 Å². The zero-order chi connectivity index (χ0) is 20.3. The maximum atomic E-state index is 12.6. The molecule has 0 bridgehead atoms. The van der Waals surface area contributed by atoms with E-state index in [4.69, 9.17) is 11.6 Å². The van der Waals surface area contributed by atoms with Gasteiger partial charge in [0.2, 0.25) is 0 Å². The third-order valence-corrected chi connectivity index (χ3v) is 7.78. The van der Waals surface area contributed by atoms with Gasteiger partial charge in [-0.25, -0.2) is 23.1 Å². The molecule has 0 atom stereocenters. The lowest BCUT2D eigenvalue weighted by molar-refractivity contribution is 0.0977. The van der Waals surface area contributed by atoms with Gasteiger partial charge in [0.15, 0.2) is 0 Å². The van der Waals surface area contributed by atoms with Gasteiger partial charge in [-0.05, 0) is 40.4 Å². The van der Waals surface area contributed by atoms with Gasteiger partial charge in [-0.1, -0.05) is 41.9 Å². The average Bonchev–Trinajstić information content (AvgIpc) is 3.14. The molecule has 10 heteroatoms. The van der Waals surface area contributed by atoms with E-state index in [9.17, 15) is 13.2 Å². The Morgan fingerprint density at radius 2 is 1.96 bits per heavy atom. The maximum absolute atomic E-state index is 12.6. The summed E-state index contributed by atoms with van der Waals surface area (Å²) in [5.74, 6) is -0.785. The van der Waals surface area contributed by atoms with E-state index in [1.54, 1.807) is 12.3 Å². The summed E-state index contributed by atoms with van der Waals surface area (Å²) in [5, 5.41) is 2.46. The fraction of sp³-hybridized carbons (Fsp3) is 0.167. The Labute approximate surface area is 180 Å². The van der Waals surface area contributed by atoms with E-state index in [1.165, 1.54) is 16.9 Å². The molecule has 1 amide bonds. The predicted molar refractivity (Wildman–Crippen MR) is 112 cm³/mol. The molecule has 28 heavy (non-hydrogen) atoms. The summed E-state index contributed by atoms with van der Waals surface area (Å²) in [6.45, 7) is 1.57. The van der Waals surface area contributed by atoms with Crippen molar-refractivity contribution in [3.8, 4) is 0 Å². The van der Waals surface area contributed by atoms with Crippen LogP contribution in [0.3, 0.4) is 0 Å². The number of carbonyl (C=O) groups excluding carboxylic acids is 1. The molecule has 0 saturated carbocycles. The molecule has 146 valence electrons. The summed E-state index contributed by atoms with van der Waals surface area (Å²) in [6, 6.07) is 9.93. The van der Waals surface area contributed by atoms with E-state index in [-0.39, 0.29) is 15.7 Å². The smallest absolute Gasteiger partial charge is 0.266 e. The number of nitrogens with zero attached hydrogens (tertiary/aromatic N) is 2. The zero-order valence-corrected chi connectivity index (χ0v) is 18.6. The molecule has 0 aliphatic heterocycles. The third-order valence-electron chi connectivity index (χ3n) is 3.95. The van der Waals surface area contributed by atoms with Crippen LogP contribution in [0.5, 0.6) is 0 Å². The highest BCUT2D eigenvalue weighted by molar-refractivity contribution is 9.10. The SMILES string of the molecule is Cc1c(S(=O)(=O)NC(=O)c2csc(CCc3ccccc3)n2)cnc(Cl)c1Br. The Kier molecular flexibility index (Phi) is 6.49. The molecule has 3 aromatic rings. The van der Waals surface area contributed by atoms with Crippen LogP contribution < -0.4 is 4.72 Å². The van der Waals surface area contributed by atoms with Crippen LogP contribution >= 0.6 is 38.9 Å². The third kappa shape index (κ3) is 4.78. The number of hydrogen-bond acceptors (Lipinski definition) is 6. The number of aromatic nitrogens is 2. The van der Waals surface area contributed by atoms with Gasteiger partial charge in [-0.15, -0.1) is 11.3 Å². The van der Waals surface area contributed by atoms with Crippen LogP contribution in [-0.2, 0) is 22.9 Å². The molecule has 0 spiro atoms. The van der Waals surface area contributed by atoms with E-state index < -0.39 is 15.9 Å². The quantitative estimate of drug-likeness (QED) is 0.513. The van der Waals surface area contributed by atoms with Crippen molar-refractivity contribution >= 4 is 54.8 Å². The van der Waals surface area contributed by atoms with Gasteiger partial charge in [0.1, 0.15) is 15.7 Å². The summed E-state index contributed by atoms with van der Waals surface area (Å²) < 4.78 is 27.5. The number of benzene rings is 1. The van der Waals surface area contributed by atoms with Gasteiger partial charge < -0.3 is 0 Å². The molecule has 0 aliphatic carbocycles. The van der Waals surface area contributed by atoms with E-state index in [2.05, 4.69) is 25.9 Å². The highest BCUT2D eigenvalue weighted by atomic mass is 79.9. The van der Waals surface area contributed by atoms with Gasteiger partial charge in [0.25, 0.3) is 15.9 Å². The fourth-order valence-electron chi connectivity index (χ4n) is 2.46. The maximum Gasteiger partial charge on any atom is 0.284 e. The number of amides is 1. The second kappa shape index (κ2) is 8.69. The van der Waals surface area contributed by atoms with Crippen molar-refractivity contribution < 1.29 is 13.2 Å². The lowest BCUT2D eigenvalue weighted by Gasteiger charge is -2.10. The highest BCUT2D eigenvalue weighted by Gasteiger charge is 2.24. The highest BCUT2D eigenvalue weighted by Crippen LogP contribution is 2.28. The van der Waals surface area contributed by atoms with Crippen LogP contribution in [0.25, 0.3) is 0 Å². The molecule has 2 aromatic heterocycles. The van der Waals surface area contributed by atoms with Crippen LogP contribution in [0.4, 0.5) is 0 Å². The standard InChI is InChI=1S/C18H15BrClN3O3S2/c1-11-14(9-21-17(20)16(11)19)28(25,26)23-18(24)13-10-27-15(22-13)8-7-12-5-3-2-4-6-12/h2-6,9-10H,7-8H2,1H3,(H,23,24). The summed E-state index contributed by atoms with van der Waals surface area (Å²) in [4.78, 5) is 20.3. The summed E-state index contributed by atoms with van der Waals surface area (Å²) in [6.07, 6.45) is 2.57. The average molecular weight is 501 g/mol. The first-order valence-electron chi connectivity index (χ1n) is 8.14. The molecule has 0 aliphatic rings. The normalized spacial score (nSPS) is 11.4. The summed E-state index contributed by atoms with van der Waals surface area (Å²) >= 11 is 10.4. The van der Waals surface area contributed by atoms with Crippen molar-refractivity contribution in [2.24, 2.45) is 0 Å². The Balaban J connectivity index is 1.71. The Morgan fingerprint density at radius 1 is 1.25 bits per heavy atom. The number of pyridine rings is 1. The van der Waals surface area contributed by atoms with Crippen LogP contribution in [0.1, 0.15) is 26.6 Å². The number of aryl methyl sites for hydroxylation is 2. The van der Waals surface area contributed by atoms with E-state index >= 15 is 0 Å². The number of thiazole rings is 1. The number of sulfonamides is 1. The molecule has 2 heterocycles. The first-order valence-corrected chi connectivity index (χ1v) is 11.7. The molecule has 3 rings (SSSR count). The van der Waals surface area contributed by atoms with E-state index in [1.807, 2.05) is 35.1 Å². The minimum atomic E-state index is -4.11. The first-order chi connectivity index (χ1) is 13.3. The number of rotatable bonds is 6. The van der Waals surface area contributed by atoms with Gasteiger partial charge in [0.05, 0.1) is 9.48 Å². The van der Waals surface area contributed by atoms with Crippen LogP contribution in [0.2, 0.25) is 5.15 Å². The molecule has 0 radical (unpaired) electrons. The van der Waals surface area contributed by atoms with Crippen molar-refractivity contribution in [2.45, 2.75) is 24.7 Å². The molecule has 0 unspecified atom stereocenters. The lowest BCUT2D eigenvalue weighted by atomic mass is 10.1. The largest absolute Gasteiger partial charge is 0.284 e. The van der Waals surface area contributed by atoms with Crippen molar-refractivity contribution in [3.63, 3.8) is 0 Å². The number of nitrogens with one attached hydrogen (secondary N) is 1. The molecule has 6 nitrogen and oxygen atoms in total. The zero-order valence-electron chi connectivity index (χ0n) is 14.6. The molecular weight excluding hydrogens is 486 g/mol. The first kappa shape index (κ1) is 20.9. The van der Waals surface area contributed by atoms with Crippen LogP contribution in [0, 0.1) is 6.92 Å². The lowest BCUT2D eigenvalue weighted by Crippen LogP contribution is -2.31. The van der Waals surface area contributed by atoms with Gasteiger partial charge in [-0.3, -0.25) is 4.79 Å². The van der Waals surface area contributed by atoms with Gasteiger partial charge >= 0.3 is 0 Å². The van der Waals surface area contributed by atoms with Crippen molar-refractivity contribution in [1.82, 2.24) is 14.7 Å². The summed E-state index contributed by atoms with van der Waals surface area (Å²) in [7, 11) is -4.11. The van der Waals surface area contributed by atoms with Crippen LogP contribution in [-0.4, -0.2) is 24.3 Å². The Bertz CT molecular complexity index is 1120. The van der Waals surface area contributed by atoms with E-state index in [0.717, 1.165) is 17.6 Å². The Morgan fingerprint density at radius 3 is 2.68 bits per heavy atom.